The average Bonchev–Trinajstić information content (AvgIpc) is 3.54. The monoisotopic (exact) mass is 478 g/mol. The number of aliphatic hydroxyl groups is 1. The molecule has 0 unspecified atom stereocenters. The summed E-state index contributed by atoms with van der Waals surface area (Å²) in [6, 6.07) is 0.545. The molecule has 2 N–H and O–H groups in total. The van der Waals surface area contributed by atoms with Crippen molar-refractivity contribution in [3.8, 4) is 0 Å². The van der Waals surface area contributed by atoms with Crippen molar-refractivity contribution in [1.29, 1.82) is 0 Å². The SMILES string of the molecule is C=C(O)CCCC(=C1CC1)N1CCC(N(C(=O)Nc2ncc(Cl)s2)C2CCCCC2)CC1. The van der Waals surface area contributed by atoms with Crippen LogP contribution in [0, 0.1) is 0 Å². The Morgan fingerprint density at radius 1 is 1.19 bits per heavy atom. The number of hydrogen-bond acceptors (Lipinski definition) is 5. The van der Waals surface area contributed by atoms with Gasteiger partial charge >= 0.3 is 6.03 Å². The van der Waals surface area contributed by atoms with E-state index in [-0.39, 0.29) is 17.8 Å². The molecule has 3 fully saturated rings. The second kappa shape index (κ2) is 10.9. The number of urea groups is 1. The molecule has 6 nitrogen and oxygen atoms in total. The number of halogens is 1. The summed E-state index contributed by atoms with van der Waals surface area (Å²) >= 11 is 7.32. The molecule has 0 bridgehead atoms. The fraction of sp³-hybridized carbons (Fsp3) is 0.667. The molecule has 0 atom stereocenters. The van der Waals surface area contributed by atoms with E-state index in [2.05, 4.69) is 26.7 Å². The van der Waals surface area contributed by atoms with Gasteiger partial charge in [-0.1, -0.05) is 54.4 Å². The molecule has 0 aromatic carbocycles. The summed E-state index contributed by atoms with van der Waals surface area (Å²) in [5, 5.41) is 13.0. The molecule has 1 aliphatic heterocycles. The van der Waals surface area contributed by atoms with E-state index < -0.39 is 0 Å². The highest BCUT2D eigenvalue weighted by Gasteiger charge is 2.35. The van der Waals surface area contributed by atoms with Gasteiger partial charge in [0.2, 0.25) is 0 Å². The lowest BCUT2D eigenvalue weighted by molar-refractivity contribution is 0.0957. The number of aliphatic hydroxyl groups excluding tert-OH is 1. The highest BCUT2D eigenvalue weighted by atomic mass is 35.5. The second-order valence-electron chi connectivity index (χ2n) is 9.29. The number of likely N-dealkylation sites (tertiary alicyclic amines) is 1. The smallest absolute Gasteiger partial charge is 0.324 e. The fourth-order valence-electron chi connectivity index (χ4n) is 5.24. The Labute approximate surface area is 200 Å². The zero-order valence-electron chi connectivity index (χ0n) is 18.8. The molecular weight excluding hydrogens is 444 g/mol. The number of piperidine rings is 1. The number of aromatic nitrogens is 1. The standard InChI is InChI=1S/C24H35ClN4O2S/c1-17(30)6-5-9-21(18-10-11-18)28-14-12-20(13-15-28)29(19-7-3-2-4-8-19)24(31)27-23-26-16-22(25)32-23/h16,19-20,30H,1-15H2,(H,26,27,31). The highest BCUT2D eigenvalue weighted by Crippen LogP contribution is 2.37. The number of carbonyl (C=O) groups excluding carboxylic acids is 1. The highest BCUT2D eigenvalue weighted by molar-refractivity contribution is 7.19. The number of thiazole rings is 1. The van der Waals surface area contributed by atoms with Crippen molar-refractivity contribution in [2.24, 2.45) is 0 Å². The van der Waals surface area contributed by atoms with Gasteiger partial charge in [0.1, 0.15) is 4.34 Å². The lowest BCUT2D eigenvalue weighted by atomic mass is 9.91. The Morgan fingerprint density at radius 3 is 2.47 bits per heavy atom. The van der Waals surface area contributed by atoms with Gasteiger partial charge in [-0.25, -0.2) is 9.78 Å². The summed E-state index contributed by atoms with van der Waals surface area (Å²) in [7, 11) is 0. The van der Waals surface area contributed by atoms with Crippen LogP contribution in [0.15, 0.2) is 29.8 Å². The van der Waals surface area contributed by atoms with Gasteiger partial charge < -0.3 is 14.9 Å². The van der Waals surface area contributed by atoms with Crippen molar-refractivity contribution in [3.63, 3.8) is 0 Å². The van der Waals surface area contributed by atoms with E-state index in [0.717, 1.165) is 51.6 Å². The molecular formula is C24H35ClN4O2S. The zero-order valence-corrected chi connectivity index (χ0v) is 20.4. The van der Waals surface area contributed by atoms with Gasteiger partial charge in [-0.15, -0.1) is 0 Å². The predicted octanol–water partition coefficient (Wildman–Crippen LogP) is 6.72. The minimum absolute atomic E-state index is 0.0244. The average molecular weight is 479 g/mol. The first-order chi connectivity index (χ1) is 15.5. The summed E-state index contributed by atoms with van der Waals surface area (Å²) in [5.74, 6) is 0.277. The van der Waals surface area contributed by atoms with E-state index in [9.17, 15) is 9.90 Å². The Balaban J connectivity index is 1.40. The topological polar surface area (TPSA) is 68.7 Å². The summed E-state index contributed by atoms with van der Waals surface area (Å²) in [6.45, 7) is 5.60. The van der Waals surface area contributed by atoms with Gasteiger partial charge in [0, 0.05) is 37.3 Å². The van der Waals surface area contributed by atoms with Gasteiger partial charge in [0.25, 0.3) is 0 Å². The van der Waals surface area contributed by atoms with E-state index in [0.29, 0.717) is 21.9 Å². The van der Waals surface area contributed by atoms with Crippen LogP contribution in [0.5, 0.6) is 0 Å². The van der Waals surface area contributed by atoms with Crippen LogP contribution < -0.4 is 5.32 Å². The molecule has 1 aromatic heterocycles. The number of hydrogen-bond donors (Lipinski definition) is 2. The third kappa shape index (κ3) is 6.19. The first-order valence-corrected chi connectivity index (χ1v) is 13.2. The van der Waals surface area contributed by atoms with E-state index in [1.165, 1.54) is 49.1 Å². The molecule has 0 radical (unpaired) electrons. The van der Waals surface area contributed by atoms with Gasteiger partial charge in [0.05, 0.1) is 12.0 Å². The molecule has 32 heavy (non-hydrogen) atoms. The maximum Gasteiger partial charge on any atom is 0.324 e. The number of amides is 2. The normalized spacial score (nSPS) is 19.7. The molecule has 1 saturated heterocycles. The van der Waals surface area contributed by atoms with Gasteiger partial charge in [-0.3, -0.25) is 5.32 Å². The number of carbonyl (C=O) groups is 1. The fourth-order valence-corrected chi connectivity index (χ4v) is 6.04. The van der Waals surface area contributed by atoms with Gasteiger partial charge in [0.15, 0.2) is 5.13 Å². The van der Waals surface area contributed by atoms with E-state index >= 15 is 0 Å². The van der Waals surface area contributed by atoms with Crippen LogP contribution in [-0.4, -0.2) is 51.1 Å². The molecule has 4 rings (SSSR count). The molecule has 2 heterocycles. The molecule has 176 valence electrons. The molecule has 1 aromatic rings. The molecule has 8 heteroatoms. The first-order valence-electron chi connectivity index (χ1n) is 12.0. The lowest BCUT2D eigenvalue weighted by Crippen LogP contribution is -2.53. The summed E-state index contributed by atoms with van der Waals surface area (Å²) < 4.78 is 0.586. The van der Waals surface area contributed by atoms with Crippen LogP contribution in [0.2, 0.25) is 4.34 Å². The molecule has 2 saturated carbocycles. The van der Waals surface area contributed by atoms with Crippen LogP contribution in [0.3, 0.4) is 0 Å². The molecule has 3 aliphatic rings. The Bertz CT molecular complexity index is 835. The van der Waals surface area contributed by atoms with Crippen molar-refractivity contribution in [3.05, 3.63) is 34.1 Å². The van der Waals surface area contributed by atoms with E-state index in [1.807, 2.05) is 0 Å². The number of rotatable bonds is 8. The predicted molar refractivity (Wildman–Crippen MR) is 131 cm³/mol. The summed E-state index contributed by atoms with van der Waals surface area (Å²) in [5.41, 5.74) is 3.06. The Kier molecular flexibility index (Phi) is 8.00. The number of anilines is 1. The van der Waals surface area contributed by atoms with Crippen molar-refractivity contribution in [1.82, 2.24) is 14.8 Å². The third-order valence-corrected chi connectivity index (χ3v) is 7.95. The van der Waals surface area contributed by atoms with Crippen molar-refractivity contribution in [2.75, 3.05) is 18.4 Å². The summed E-state index contributed by atoms with van der Waals surface area (Å²) in [4.78, 5) is 22.2. The molecule has 2 aliphatic carbocycles. The van der Waals surface area contributed by atoms with E-state index in [4.69, 9.17) is 11.6 Å². The van der Waals surface area contributed by atoms with Crippen LogP contribution in [-0.2, 0) is 0 Å². The number of allylic oxidation sites excluding steroid dienone is 3. The first kappa shape index (κ1) is 23.4. The Hall–Kier alpha value is -1.73. The van der Waals surface area contributed by atoms with Crippen LogP contribution in [0.25, 0.3) is 0 Å². The second-order valence-corrected chi connectivity index (χ2v) is 10.9. The van der Waals surface area contributed by atoms with Crippen molar-refractivity contribution < 1.29 is 9.90 Å². The Morgan fingerprint density at radius 2 is 1.88 bits per heavy atom. The number of nitrogens with zero attached hydrogens (tertiary/aromatic N) is 3. The summed E-state index contributed by atoms with van der Waals surface area (Å²) in [6.07, 6.45) is 14.5. The largest absolute Gasteiger partial charge is 0.513 e. The minimum atomic E-state index is -0.0244. The number of nitrogens with one attached hydrogen (secondary N) is 1. The maximum atomic E-state index is 13.3. The minimum Gasteiger partial charge on any atom is -0.513 e. The van der Waals surface area contributed by atoms with Gasteiger partial charge in [-0.05, 0) is 51.4 Å². The van der Waals surface area contributed by atoms with Crippen LogP contribution in [0.4, 0.5) is 9.93 Å². The lowest BCUT2D eigenvalue weighted by Gasteiger charge is -2.44. The van der Waals surface area contributed by atoms with Crippen molar-refractivity contribution >= 4 is 34.1 Å². The maximum absolute atomic E-state index is 13.3. The van der Waals surface area contributed by atoms with Crippen molar-refractivity contribution in [2.45, 2.75) is 89.1 Å². The quantitative estimate of drug-likeness (QED) is 0.407. The molecule has 0 spiro atoms. The van der Waals surface area contributed by atoms with Crippen LogP contribution >= 0.6 is 22.9 Å². The zero-order chi connectivity index (χ0) is 22.5. The third-order valence-electron chi connectivity index (χ3n) is 6.92. The van der Waals surface area contributed by atoms with Gasteiger partial charge in [-0.2, -0.15) is 0 Å². The molecule has 2 amide bonds. The van der Waals surface area contributed by atoms with E-state index in [1.54, 1.807) is 11.8 Å². The van der Waals surface area contributed by atoms with Crippen LogP contribution in [0.1, 0.15) is 77.0 Å².